The van der Waals surface area contributed by atoms with Crippen LogP contribution in [-0.4, -0.2) is 5.16 Å². The number of benzene rings is 2. The summed E-state index contributed by atoms with van der Waals surface area (Å²) in [6, 6.07) is 20.8. The Morgan fingerprint density at radius 1 is 1.00 bits per heavy atom. The number of hydrogen-bond donors (Lipinski definition) is 1. The van der Waals surface area contributed by atoms with Crippen molar-refractivity contribution < 1.29 is 4.52 Å². The van der Waals surface area contributed by atoms with E-state index in [4.69, 9.17) is 10.3 Å². The second kappa shape index (κ2) is 5.83. The van der Waals surface area contributed by atoms with Crippen LogP contribution < -0.4 is 5.73 Å². The standard InChI is InChI=1S/C18H18N2O/c1-2-16(17-12-18(19)21-20-17)15-10-8-14(9-11-15)13-6-4-3-5-7-13/h3-12,16H,2,19H2,1H3. The molecule has 0 aliphatic carbocycles. The normalized spacial score (nSPS) is 12.2. The van der Waals surface area contributed by atoms with Crippen LogP contribution in [0.5, 0.6) is 0 Å². The van der Waals surface area contributed by atoms with Crippen molar-refractivity contribution in [1.29, 1.82) is 0 Å². The highest BCUT2D eigenvalue weighted by atomic mass is 16.5. The fourth-order valence-electron chi connectivity index (χ4n) is 2.62. The lowest BCUT2D eigenvalue weighted by molar-refractivity contribution is 0.423. The van der Waals surface area contributed by atoms with Gasteiger partial charge in [0.15, 0.2) is 0 Å². The van der Waals surface area contributed by atoms with Gasteiger partial charge in [-0.25, -0.2) is 0 Å². The Bertz CT molecular complexity index is 702. The van der Waals surface area contributed by atoms with E-state index in [0.29, 0.717) is 5.88 Å². The molecule has 106 valence electrons. The minimum absolute atomic E-state index is 0.218. The van der Waals surface area contributed by atoms with Crippen LogP contribution in [0, 0.1) is 0 Å². The molecule has 3 aromatic rings. The fraction of sp³-hybridized carbons (Fsp3) is 0.167. The molecule has 0 amide bonds. The lowest BCUT2D eigenvalue weighted by Gasteiger charge is -2.12. The third-order valence-electron chi connectivity index (χ3n) is 3.73. The third kappa shape index (κ3) is 2.82. The molecule has 0 saturated heterocycles. The highest BCUT2D eigenvalue weighted by Gasteiger charge is 2.16. The van der Waals surface area contributed by atoms with E-state index in [1.54, 1.807) is 6.07 Å². The van der Waals surface area contributed by atoms with Crippen LogP contribution in [0.2, 0.25) is 0 Å². The van der Waals surface area contributed by atoms with Crippen LogP contribution in [-0.2, 0) is 0 Å². The van der Waals surface area contributed by atoms with Gasteiger partial charge in [0.05, 0.1) is 5.69 Å². The van der Waals surface area contributed by atoms with Gasteiger partial charge in [0.25, 0.3) is 0 Å². The molecule has 21 heavy (non-hydrogen) atoms. The van der Waals surface area contributed by atoms with E-state index < -0.39 is 0 Å². The Morgan fingerprint density at radius 2 is 1.67 bits per heavy atom. The van der Waals surface area contributed by atoms with Gasteiger partial charge in [-0.05, 0) is 23.1 Å². The van der Waals surface area contributed by atoms with E-state index >= 15 is 0 Å². The summed E-state index contributed by atoms with van der Waals surface area (Å²) in [5.41, 5.74) is 10.2. The van der Waals surface area contributed by atoms with Gasteiger partial charge in [0, 0.05) is 12.0 Å². The van der Waals surface area contributed by atoms with Crippen molar-refractivity contribution in [3.63, 3.8) is 0 Å². The molecule has 1 aromatic heterocycles. The SMILES string of the molecule is CCC(c1ccc(-c2ccccc2)cc1)c1cc(N)on1. The summed E-state index contributed by atoms with van der Waals surface area (Å²) in [7, 11) is 0. The third-order valence-corrected chi connectivity index (χ3v) is 3.73. The van der Waals surface area contributed by atoms with Crippen LogP contribution in [0.3, 0.4) is 0 Å². The summed E-state index contributed by atoms with van der Waals surface area (Å²) in [5.74, 6) is 0.584. The molecule has 0 spiro atoms. The fourth-order valence-corrected chi connectivity index (χ4v) is 2.62. The predicted octanol–water partition coefficient (Wildman–Crippen LogP) is 4.47. The van der Waals surface area contributed by atoms with E-state index in [0.717, 1.165) is 12.1 Å². The molecule has 3 rings (SSSR count). The molecule has 0 radical (unpaired) electrons. The molecule has 3 nitrogen and oxygen atoms in total. The van der Waals surface area contributed by atoms with Crippen molar-refractivity contribution >= 4 is 5.88 Å². The van der Waals surface area contributed by atoms with E-state index in [1.807, 2.05) is 6.07 Å². The summed E-state index contributed by atoms with van der Waals surface area (Å²) < 4.78 is 4.99. The van der Waals surface area contributed by atoms with Gasteiger partial charge in [-0.1, -0.05) is 66.7 Å². The van der Waals surface area contributed by atoms with Crippen molar-refractivity contribution in [2.75, 3.05) is 5.73 Å². The molecule has 0 aliphatic heterocycles. The first-order valence-corrected chi connectivity index (χ1v) is 7.15. The molecule has 3 heteroatoms. The first-order valence-electron chi connectivity index (χ1n) is 7.15. The lowest BCUT2D eigenvalue weighted by Crippen LogP contribution is -1.99. The molecule has 0 saturated carbocycles. The van der Waals surface area contributed by atoms with E-state index in [2.05, 4.69) is 60.6 Å². The second-order valence-electron chi connectivity index (χ2n) is 5.10. The molecular weight excluding hydrogens is 260 g/mol. The quantitative estimate of drug-likeness (QED) is 0.766. The van der Waals surface area contributed by atoms with Gasteiger partial charge in [-0.2, -0.15) is 0 Å². The zero-order valence-electron chi connectivity index (χ0n) is 12.0. The van der Waals surface area contributed by atoms with Gasteiger partial charge >= 0.3 is 0 Å². The van der Waals surface area contributed by atoms with E-state index in [1.165, 1.54) is 16.7 Å². The molecule has 2 aromatic carbocycles. The van der Waals surface area contributed by atoms with Crippen molar-refractivity contribution in [3.05, 3.63) is 71.9 Å². The number of hydrogen-bond acceptors (Lipinski definition) is 3. The Balaban J connectivity index is 1.89. The molecule has 1 atom stereocenters. The zero-order chi connectivity index (χ0) is 14.7. The topological polar surface area (TPSA) is 52.0 Å². The van der Waals surface area contributed by atoms with Gasteiger partial charge in [0.1, 0.15) is 0 Å². The molecule has 0 bridgehead atoms. The average molecular weight is 278 g/mol. The smallest absolute Gasteiger partial charge is 0.222 e. The first-order chi connectivity index (χ1) is 10.3. The highest BCUT2D eigenvalue weighted by Crippen LogP contribution is 2.29. The Hall–Kier alpha value is -2.55. The molecule has 1 heterocycles. The van der Waals surface area contributed by atoms with Crippen molar-refractivity contribution in [3.8, 4) is 11.1 Å². The Morgan fingerprint density at radius 3 is 2.24 bits per heavy atom. The maximum absolute atomic E-state index is 5.62. The monoisotopic (exact) mass is 278 g/mol. The number of anilines is 1. The molecule has 2 N–H and O–H groups in total. The Kier molecular flexibility index (Phi) is 3.73. The summed E-state index contributed by atoms with van der Waals surface area (Å²) in [5, 5.41) is 4.04. The second-order valence-corrected chi connectivity index (χ2v) is 5.10. The largest absolute Gasteiger partial charge is 0.368 e. The van der Waals surface area contributed by atoms with Crippen molar-refractivity contribution in [2.24, 2.45) is 0 Å². The summed E-state index contributed by atoms with van der Waals surface area (Å²) in [4.78, 5) is 0. The minimum Gasteiger partial charge on any atom is -0.368 e. The van der Waals surface area contributed by atoms with Crippen molar-refractivity contribution in [2.45, 2.75) is 19.3 Å². The number of nitrogens with zero attached hydrogens (tertiary/aromatic N) is 1. The van der Waals surface area contributed by atoms with Gasteiger partial charge < -0.3 is 10.3 Å². The summed E-state index contributed by atoms with van der Waals surface area (Å²) >= 11 is 0. The highest BCUT2D eigenvalue weighted by molar-refractivity contribution is 5.63. The van der Waals surface area contributed by atoms with Crippen molar-refractivity contribution in [1.82, 2.24) is 5.16 Å². The van der Waals surface area contributed by atoms with E-state index in [9.17, 15) is 0 Å². The van der Waals surface area contributed by atoms with Gasteiger partial charge in [-0.15, -0.1) is 0 Å². The zero-order valence-corrected chi connectivity index (χ0v) is 12.0. The maximum Gasteiger partial charge on any atom is 0.222 e. The van der Waals surface area contributed by atoms with E-state index in [-0.39, 0.29) is 5.92 Å². The van der Waals surface area contributed by atoms with Crippen LogP contribution in [0.1, 0.15) is 30.5 Å². The molecular formula is C18H18N2O. The van der Waals surface area contributed by atoms with Gasteiger partial charge in [-0.3, -0.25) is 0 Å². The number of nitrogen functional groups attached to an aromatic ring is 1. The molecule has 0 fully saturated rings. The van der Waals surface area contributed by atoms with Gasteiger partial charge in [0.2, 0.25) is 5.88 Å². The average Bonchev–Trinajstić information content (AvgIpc) is 2.96. The maximum atomic E-state index is 5.62. The predicted molar refractivity (Wildman–Crippen MR) is 84.9 cm³/mol. The van der Waals surface area contributed by atoms with Crippen LogP contribution in [0.25, 0.3) is 11.1 Å². The molecule has 0 aliphatic rings. The number of rotatable bonds is 4. The van der Waals surface area contributed by atoms with Crippen LogP contribution >= 0.6 is 0 Å². The first kappa shape index (κ1) is 13.4. The minimum atomic E-state index is 0.218. The molecule has 1 unspecified atom stereocenters. The number of aromatic nitrogens is 1. The van der Waals surface area contributed by atoms with Crippen LogP contribution in [0.4, 0.5) is 5.88 Å². The summed E-state index contributed by atoms with van der Waals surface area (Å²) in [6.45, 7) is 2.14. The summed E-state index contributed by atoms with van der Waals surface area (Å²) in [6.07, 6.45) is 0.955. The number of nitrogens with two attached hydrogens (primary N) is 1. The van der Waals surface area contributed by atoms with Crippen LogP contribution in [0.15, 0.2) is 65.2 Å². The lowest BCUT2D eigenvalue weighted by atomic mass is 9.92. The Labute approximate surface area is 124 Å².